The van der Waals surface area contributed by atoms with E-state index >= 15 is 0 Å². The zero-order chi connectivity index (χ0) is 19.8. The maximum Gasteiger partial charge on any atom is 0.262 e. The fourth-order valence-corrected chi connectivity index (χ4v) is 2.46. The predicted octanol–water partition coefficient (Wildman–Crippen LogP) is 3.36. The molecule has 0 radical (unpaired) electrons. The third kappa shape index (κ3) is 5.07. The highest BCUT2D eigenvalue weighted by atomic mass is 16.5. The number of hydrogen-bond donors (Lipinski definition) is 2. The number of carbonyl (C=O) groups is 2. The van der Waals surface area contributed by atoms with E-state index < -0.39 is 0 Å². The van der Waals surface area contributed by atoms with Gasteiger partial charge in [0, 0.05) is 29.3 Å². The lowest BCUT2D eigenvalue weighted by Gasteiger charge is -2.11. The van der Waals surface area contributed by atoms with E-state index in [-0.39, 0.29) is 18.4 Å². The first-order valence-corrected chi connectivity index (χ1v) is 8.53. The second-order valence-corrected chi connectivity index (χ2v) is 5.76. The molecule has 7 nitrogen and oxygen atoms in total. The minimum Gasteiger partial charge on any atom is -0.493 e. The average Bonchev–Trinajstić information content (AvgIpc) is 2.73. The van der Waals surface area contributed by atoms with Crippen molar-refractivity contribution < 1.29 is 19.1 Å². The minimum absolute atomic E-state index is 0.173. The van der Waals surface area contributed by atoms with E-state index in [1.165, 1.54) is 7.11 Å². The summed E-state index contributed by atoms with van der Waals surface area (Å²) < 4.78 is 10.7. The monoisotopic (exact) mass is 377 g/mol. The molecule has 0 saturated heterocycles. The molecule has 0 atom stereocenters. The van der Waals surface area contributed by atoms with Crippen molar-refractivity contribution in [1.82, 2.24) is 4.98 Å². The van der Waals surface area contributed by atoms with Crippen LogP contribution in [0.1, 0.15) is 10.4 Å². The number of methoxy groups -OCH3 is 1. The normalized spacial score (nSPS) is 10.0. The second-order valence-electron chi connectivity index (χ2n) is 5.76. The third-order valence-corrected chi connectivity index (χ3v) is 3.77. The smallest absolute Gasteiger partial charge is 0.262 e. The highest BCUT2D eigenvalue weighted by molar-refractivity contribution is 6.04. The van der Waals surface area contributed by atoms with Crippen LogP contribution in [-0.2, 0) is 4.79 Å². The quantitative estimate of drug-likeness (QED) is 0.659. The molecule has 0 bridgehead atoms. The molecule has 2 N–H and O–H groups in total. The summed E-state index contributed by atoms with van der Waals surface area (Å²) in [6.07, 6.45) is 3.10. The highest BCUT2D eigenvalue weighted by Gasteiger charge is 2.09. The Morgan fingerprint density at radius 1 is 0.893 bits per heavy atom. The van der Waals surface area contributed by atoms with Crippen LogP contribution in [0.5, 0.6) is 11.5 Å². The van der Waals surface area contributed by atoms with Crippen LogP contribution in [0.4, 0.5) is 11.4 Å². The standard InChI is InChI=1S/C21H19N3O4/c1-27-18-7-2-3-8-19(18)28-14-20(25)23-16-5-4-6-17(13-16)24-21(26)15-9-11-22-12-10-15/h2-13H,14H2,1H3,(H,23,25)(H,24,26). The summed E-state index contributed by atoms with van der Waals surface area (Å²) in [6.45, 7) is -0.173. The summed E-state index contributed by atoms with van der Waals surface area (Å²) in [4.78, 5) is 28.3. The largest absolute Gasteiger partial charge is 0.493 e. The van der Waals surface area contributed by atoms with Gasteiger partial charge >= 0.3 is 0 Å². The Kier molecular flexibility index (Phi) is 6.20. The molecule has 0 unspecified atom stereocenters. The van der Waals surface area contributed by atoms with Crippen molar-refractivity contribution in [2.24, 2.45) is 0 Å². The number of anilines is 2. The Balaban J connectivity index is 1.58. The van der Waals surface area contributed by atoms with Gasteiger partial charge in [-0.25, -0.2) is 0 Å². The molecule has 2 amide bonds. The zero-order valence-electron chi connectivity index (χ0n) is 15.2. The molecule has 0 aliphatic carbocycles. The second kappa shape index (κ2) is 9.18. The topological polar surface area (TPSA) is 89.5 Å². The molecule has 1 aromatic heterocycles. The number of aromatic nitrogens is 1. The van der Waals surface area contributed by atoms with E-state index in [1.54, 1.807) is 67.0 Å². The Bertz CT molecular complexity index is 961. The fraction of sp³-hybridized carbons (Fsp3) is 0.0952. The zero-order valence-corrected chi connectivity index (χ0v) is 15.2. The van der Waals surface area contributed by atoms with Crippen LogP contribution in [0.3, 0.4) is 0 Å². The van der Waals surface area contributed by atoms with Gasteiger partial charge in [0.25, 0.3) is 11.8 Å². The Hall–Kier alpha value is -3.87. The van der Waals surface area contributed by atoms with Crippen molar-refractivity contribution in [2.45, 2.75) is 0 Å². The van der Waals surface area contributed by atoms with Crippen LogP contribution in [-0.4, -0.2) is 30.5 Å². The van der Waals surface area contributed by atoms with Gasteiger partial charge in [-0.05, 0) is 42.5 Å². The van der Waals surface area contributed by atoms with E-state index in [0.29, 0.717) is 28.4 Å². The highest BCUT2D eigenvalue weighted by Crippen LogP contribution is 2.25. The van der Waals surface area contributed by atoms with Crippen molar-refractivity contribution in [2.75, 3.05) is 24.4 Å². The number of rotatable bonds is 7. The van der Waals surface area contributed by atoms with Crippen molar-refractivity contribution in [3.8, 4) is 11.5 Å². The molecule has 7 heteroatoms. The van der Waals surface area contributed by atoms with Gasteiger partial charge in [0.05, 0.1) is 7.11 Å². The Labute approximate surface area is 162 Å². The number of pyridine rings is 1. The van der Waals surface area contributed by atoms with Gasteiger partial charge in [0.2, 0.25) is 0 Å². The lowest BCUT2D eigenvalue weighted by atomic mass is 10.2. The van der Waals surface area contributed by atoms with E-state index in [0.717, 1.165) is 0 Å². The molecule has 0 aliphatic heterocycles. The summed E-state index contributed by atoms with van der Waals surface area (Å²) in [5, 5.41) is 5.52. The molecule has 2 aromatic carbocycles. The first-order chi connectivity index (χ1) is 13.7. The van der Waals surface area contributed by atoms with Crippen LogP contribution < -0.4 is 20.1 Å². The van der Waals surface area contributed by atoms with Crippen molar-refractivity contribution in [3.05, 3.63) is 78.6 Å². The molecule has 3 rings (SSSR count). The lowest BCUT2D eigenvalue weighted by molar-refractivity contribution is -0.118. The van der Waals surface area contributed by atoms with Crippen molar-refractivity contribution >= 4 is 23.2 Å². The molecule has 142 valence electrons. The molecular formula is C21H19N3O4. The van der Waals surface area contributed by atoms with Crippen LogP contribution in [0.2, 0.25) is 0 Å². The van der Waals surface area contributed by atoms with E-state index in [4.69, 9.17) is 9.47 Å². The van der Waals surface area contributed by atoms with Crippen molar-refractivity contribution in [1.29, 1.82) is 0 Å². The summed E-state index contributed by atoms with van der Waals surface area (Å²) in [5.74, 6) is 0.448. The van der Waals surface area contributed by atoms with Crippen LogP contribution in [0.25, 0.3) is 0 Å². The molecule has 3 aromatic rings. The molecule has 0 saturated carbocycles. The van der Waals surface area contributed by atoms with Gasteiger partial charge in [-0.15, -0.1) is 0 Å². The van der Waals surface area contributed by atoms with Crippen LogP contribution >= 0.6 is 0 Å². The van der Waals surface area contributed by atoms with Gasteiger partial charge < -0.3 is 20.1 Å². The maximum absolute atomic E-state index is 12.2. The Morgan fingerprint density at radius 2 is 1.57 bits per heavy atom. The van der Waals surface area contributed by atoms with E-state index in [9.17, 15) is 9.59 Å². The Morgan fingerprint density at radius 3 is 2.29 bits per heavy atom. The minimum atomic E-state index is -0.330. The van der Waals surface area contributed by atoms with Gasteiger partial charge in [-0.2, -0.15) is 0 Å². The molecule has 0 aliphatic rings. The lowest BCUT2D eigenvalue weighted by Crippen LogP contribution is -2.20. The molecule has 28 heavy (non-hydrogen) atoms. The van der Waals surface area contributed by atoms with Gasteiger partial charge in [0.15, 0.2) is 18.1 Å². The molecule has 0 fully saturated rings. The summed E-state index contributed by atoms with van der Waals surface area (Å²) in [5.41, 5.74) is 1.60. The molecule has 1 heterocycles. The maximum atomic E-state index is 12.2. The number of amides is 2. The van der Waals surface area contributed by atoms with E-state index in [2.05, 4.69) is 15.6 Å². The average molecular weight is 377 g/mol. The molecule has 0 spiro atoms. The number of nitrogens with zero attached hydrogens (tertiary/aromatic N) is 1. The number of para-hydroxylation sites is 2. The summed E-state index contributed by atoms with van der Waals surface area (Å²) in [7, 11) is 1.54. The fourth-order valence-electron chi connectivity index (χ4n) is 2.46. The first kappa shape index (κ1) is 18.9. The summed E-state index contributed by atoms with van der Waals surface area (Å²) in [6, 6.07) is 17.2. The number of benzene rings is 2. The van der Waals surface area contributed by atoms with Crippen LogP contribution in [0.15, 0.2) is 73.1 Å². The number of carbonyl (C=O) groups excluding carboxylic acids is 2. The predicted molar refractivity (Wildman–Crippen MR) is 106 cm³/mol. The van der Waals surface area contributed by atoms with E-state index in [1.807, 2.05) is 6.07 Å². The molecular weight excluding hydrogens is 358 g/mol. The van der Waals surface area contributed by atoms with Crippen LogP contribution in [0, 0.1) is 0 Å². The van der Waals surface area contributed by atoms with Gasteiger partial charge in [-0.3, -0.25) is 14.6 Å². The van der Waals surface area contributed by atoms with Gasteiger partial charge in [-0.1, -0.05) is 18.2 Å². The summed E-state index contributed by atoms with van der Waals surface area (Å²) >= 11 is 0. The number of ether oxygens (including phenoxy) is 2. The first-order valence-electron chi connectivity index (χ1n) is 8.53. The third-order valence-electron chi connectivity index (χ3n) is 3.77. The van der Waals surface area contributed by atoms with Crippen molar-refractivity contribution in [3.63, 3.8) is 0 Å². The number of nitrogens with one attached hydrogen (secondary N) is 2. The van der Waals surface area contributed by atoms with Gasteiger partial charge in [0.1, 0.15) is 0 Å². The SMILES string of the molecule is COc1ccccc1OCC(=O)Nc1cccc(NC(=O)c2ccncc2)c1. The number of hydrogen-bond acceptors (Lipinski definition) is 5.